The van der Waals surface area contributed by atoms with Crippen LogP contribution in [0.3, 0.4) is 0 Å². The lowest BCUT2D eigenvalue weighted by molar-refractivity contribution is -0.117. The number of carbonyl (C=O) groups excluding carboxylic acids is 1. The number of rotatable bonds is 2. The molecule has 1 fully saturated rings. The van der Waals surface area contributed by atoms with Crippen LogP contribution in [0.5, 0.6) is 0 Å². The number of nitrogens with zero attached hydrogens (tertiary/aromatic N) is 4. The predicted octanol–water partition coefficient (Wildman–Crippen LogP) is 3.12. The summed E-state index contributed by atoms with van der Waals surface area (Å²) < 4.78 is 1.97. The summed E-state index contributed by atoms with van der Waals surface area (Å²) in [5.74, 6) is -0.0897. The molecule has 1 atom stereocenters. The van der Waals surface area contributed by atoms with E-state index in [9.17, 15) is 14.7 Å². The maximum absolute atomic E-state index is 12.0. The number of anilines is 2. The largest absolute Gasteiger partial charge is 0.465 e. The first-order valence-corrected chi connectivity index (χ1v) is 8.44. The van der Waals surface area contributed by atoms with E-state index < -0.39 is 6.09 Å². The highest BCUT2D eigenvalue weighted by molar-refractivity contribution is 6.02. The van der Waals surface area contributed by atoms with Crippen molar-refractivity contribution in [2.45, 2.75) is 38.8 Å². The summed E-state index contributed by atoms with van der Waals surface area (Å²) >= 11 is 0. The molecule has 1 N–H and O–H groups in total. The molecule has 7 nitrogen and oxygen atoms in total. The van der Waals surface area contributed by atoms with Crippen LogP contribution < -0.4 is 9.80 Å². The van der Waals surface area contributed by atoms with Gasteiger partial charge < -0.3 is 10.0 Å². The second kappa shape index (κ2) is 5.61. The molecule has 0 saturated heterocycles. The lowest BCUT2D eigenvalue weighted by atomic mass is 10.0. The van der Waals surface area contributed by atoms with Crippen LogP contribution in [0.25, 0.3) is 11.1 Å². The molecule has 4 rings (SSSR count). The van der Waals surface area contributed by atoms with Crippen molar-refractivity contribution in [1.82, 2.24) is 9.78 Å². The Morgan fingerprint density at radius 3 is 2.60 bits per heavy atom. The Balaban J connectivity index is 1.78. The van der Waals surface area contributed by atoms with Crippen molar-refractivity contribution in [2.24, 2.45) is 0 Å². The van der Waals surface area contributed by atoms with Crippen molar-refractivity contribution >= 4 is 23.4 Å². The smallest absolute Gasteiger partial charge is 0.411 e. The van der Waals surface area contributed by atoms with Crippen LogP contribution >= 0.6 is 0 Å². The summed E-state index contributed by atoms with van der Waals surface area (Å²) in [5.41, 5.74) is 3.02. The lowest BCUT2D eigenvalue weighted by Crippen LogP contribution is -2.51. The van der Waals surface area contributed by atoms with Gasteiger partial charge in [0, 0.05) is 25.2 Å². The molecule has 130 valence electrons. The molecular formula is C18H20N4O3. The average Bonchev–Trinajstić information content (AvgIpc) is 3.30. The summed E-state index contributed by atoms with van der Waals surface area (Å²) in [6.07, 6.45) is 5.10. The maximum atomic E-state index is 12.0. The normalized spacial score (nSPS) is 19.7. The fourth-order valence-corrected chi connectivity index (χ4v) is 3.49. The first kappa shape index (κ1) is 15.7. The van der Waals surface area contributed by atoms with Gasteiger partial charge in [-0.15, -0.1) is 0 Å². The zero-order valence-corrected chi connectivity index (χ0v) is 14.2. The van der Waals surface area contributed by atoms with Crippen LogP contribution in [-0.4, -0.2) is 39.5 Å². The molecule has 1 aromatic heterocycles. The molecule has 1 aliphatic heterocycles. The van der Waals surface area contributed by atoms with Crippen LogP contribution in [0.2, 0.25) is 0 Å². The van der Waals surface area contributed by atoms with E-state index >= 15 is 0 Å². The summed E-state index contributed by atoms with van der Waals surface area (Å²) in [4.78, 5) is 26.7. The van der Waals surface area contributed by atoms with E-state index in [0.717, 1.165) is 24.0 Å². The Hall–Kier alpha value is -2.83. The summed E-state index contributed by atoms with van der Waals surface area (Å²) in [5, 5.41) is 14.0. The van der Waals surface area contributed by atoms with Gasteiger partial charge in [0.1, 0.15) is 0 Å². The predicted molar refractivity (Wildman–Crippen MR) is 93.9 cm³/mol. The number of hydrogen-bond acceptors (Lipinski definition) is 3. The third kappa shape index (κ3) is 2.65. The van der Waals surface area contributed by atoms with Gasteiger partial charge in [-0.1, -0.05) is 6.07 Å². The van der Waals surface area contributed by atoms with Crippen molar-refractivity contribution in [3.63, 3.8) is 0 Å². The highest BCUT2D eigenvalue weighted by atomic mass is 16.4. The molecule has 2 aliphatic rings. The molecule has 2 amide bonds. The Bertz CT molecular complexity index is 856. The summed E-state index contributed by atoms with van der Waals surface area (Å²) in [7, 11) is 0. The molecule has 2 aromatic rings. The molecular weight excluding hydrogens is 320 g/mol. The Morgan fingerprint density at radius 1 is 1.20 bits per heavy atom. The minimum Gasteiger partial charge on any atom is -0.465 e. The molecule has 0 bridgehead atoms. The third-order valence-electron chi connectivity index (χ3n) is 4.84. The standard InChI is InChI=1S/C18H20N4O3/c1-11-9-20(18(24)25)17-7-13(3-6-16(17)22(11)12(2)23)14-8-19-21(10-14)15-4-5-15/h3,6-8,10-11,15H,4-5,9H2,1-2H3,(H,24,25)/t11-/m0/s1. The topological polar surface area (TPSA) is 78.7 Å². The highest BCUT2D eigenvalue weighted by Gasteiger charge is 2.34. The van der Waals surface area contributed by atoms with E-state index in [1.165, 1.54) is 11.8 Å². The quantitative estimate of drug-likeness (QED) is 0.911. The molecule has 25 heavy (non-hydrogen) atoms. The average molecular weight is 340 g/mol. The van der Waals surface area contributed by atoms with Gasteiger partial charge in [0.25, 0.3) is 0 Å². The number of carbonyl (C=O) groups is 2. The maximum Gasteiger partial charge on any atom is 0.411 e. The van der Waals surface area contributed by atoms with Gasteiger partial charge in [-0.2, -0.15) is 5.10 Å². The van der Waals surface area contributed by atoms with E-state index in [1.807, 2.05) is 36.0 Å². The van der Waals surface area contributed by atoms with Gasteiger partial charge >= 0.3 is 6.09 Å². The Morgan fingerprint density at radius 2 is 1.96 bits per heavy atom. The number of fused-ring (bicyclic) bond motifs is 1. The molecule has 0 radical (unpaired) electrons. The molecule has 0 spiro atoms. The SMILES string of the molecule is CC(=O)N1c2ccc(-c3cnn(C4CC4)c3)cc2N(C(=O)O)C[C@@H]1C. The summed E-state index contributed by atoms with van der Waals surface area (Å²) in [6, 6.07) is 5.87. The second-order valence-electron chi connectivity index (χ2n) is 6.77. The van der Waals surface area contributed by atoms with Gasteiger partial charge in [-0.25, -0.2) is 4.79 Å². The first-order chi connectivity index (χ1) is 12.0. The van der Waals surface area contributed by atoms with Crippen LogP contribution in [0.4, 0.5) is 16.2 Å². The fraction of sp³-hybridized carbons (Fsp3) is 0.389. The van der Waals surface area contributed by atoms with Crippen molar-refractivity contribution in [3.05, 3.63) is 30.6 Å². The zero-order valence-electron chi connectivity index (χ0n) is 14.2. The highest BCUT2D eigenvalue weighted by Crippen LogP contribution is 2.40. The second-order valence-corrected chi connectivity index (χ2v) is 6.77. The first-order valence-electron chi connectivity index (χ1n) is 8.44. The van der Waals surface area contributed by atoms with Gasteiger partial charge in [-0.05, 0) is 37.5 Å². The molecule has 1 saturated carbocycles. The third-order valence-corrected chi connectivity index (χ3v) is 4.84. The van der Waals surface area contributed by atoms with Crippen LogP contribution in [-0.2, 0) is 4.79 Å². The Kier molecular flexibility index (Phi) is 3.52. The fourth-order valence-electron chi connectivity index (χ4n) is 3.49. The van der Waals surface area contributed by atoms with Crippen LogP contribution in [0.1, 0.15) is 32.7 Å². The van der Waals surface area contributed by atoms with Crippen molar-refractivity contribution in [3.8, 4) is 11.1 Å². The van der Waals surface area contributed by atoms with E-state index in [2.05, 4.69) is 5.10 Å². The molecule has 7 heteroatoms. The van der Waals surface area contributed by atoms with Crippen molar-refractivity contribution < 1.29 is 14.7 Å². The van der Waals surface area contributed by atoms with E-state index in [4.69, 9.17) is 0 Å². The minimum atomic E-state index is -1.01. The van der Waals surface area contributed by atoms with Crippen LogP contribution in [0, 0.1) is 0 Å². The van der Waals surface area contributed by atoms with Gasteiger partial charge in [-0.3, -0.25) is 14.4 Å². The molecule has 2 heterocycles. The van der Waals surface area contributed by atoms with E-state index in [0.29, 0.717) is 17.4 Å². The molecule has 0 unspecified atom stereocenters. The summed E-state index contributed by atoms with van der Waals surface area (Å²) in [6.45, 7) is 3.62. The molecule has 1 aliphatic carbocycles. The van der Waals surface area contributed by atoms with Gasteiger partial charge in [0.2, 0.25) is 5.91 Å². The molecule has 1 aromatic carbocycles. The van der Waals surface area contributed by atoms with Crippen molar-refractivity contribution in [1.29, 1.82) is 0 Å². The zero-order chi connectivity index (χ0) is 17.7. The van der Waals surface area contributed by atoms with Crippen LogP contribution in [0.15, 0.2) is 30.6 Å². The van der Waals surface area contributed by atoms with E-state index in [1.54, 1.807) is 11.1 Å². The van der Waals surface area contributed by atoms with Gasteiger partial charge in [0.05, 0.1) is 29.7 Å². The van der Waals surface area contributed by atoms with Gasteiger partial charge in [0.15, 0.2) is 0 Å². The number of benzene rings is 1. The number of amides is 2. The van der Waals surface area contributed by atoms with E-state index in [-0.39, 0.29) is 18.5 Å². The number of carboxylic acid groups (broad SMARTS) is 1. The Labute approximate surface area is 145 Å². The minimum absolute atomic E-state index is 0.0897. The van der Waals surface area contributed by atoms with Crippen molar-refractivity contribution in [2.75, 3.05) is 16.3 Å². The lowest BCUT2D eigenvalue weighted by Gasteiger charge is -2.39. The monoisotopic (exact) mass is 340 g/mol. The number of aromatic nitrogens is 2. The number of hydrogen-bond donors (Lipinski definition) is 1.